The Balaban J connectivity index is 1.36. The molecule has 216 valence electrons. The Bertz CT molecular complexity index is 1660. The van der Waals surface area contributed by atoms with E-state index in [1.165, 1.54) is 17.2 Å². The largest absolute Gasteiger partial charge is 0.508 e. The first kappa shape index (κ1) is 28.4. The van der Waals surface area contributed by atoms with E-state index >= 15 is 0 Å². The van der Waals surface area contributed by atoms with Crippen molar-refractivity contribution >= 4 is 91.0 Å². The number of phenolic OH excluding ortho intramolecular Hbond substituents is 1. The van der Waals surface area contributed by atoms with Crippen molar-refractivity contribution in [2.45, 2.75) is 29.0 Å². The summed E-state index contributed by atoms with van der Waals surface area (Å²) in [6, 6.07) is 11.9. The molecule has 12 heteroatoms. The fourth-order valence-corrected chi connectivity index (χ4v) is 9.21. The van der Waals surface area contributed by atoms with Crippen molar-refractivity contribution < 1.29 is 29.0 Å². The lowest BCUT2D eigenvalue weighted by Gasteiger charge is -2.51. The molecule has 6 atom stereocenters. The summed E-state index contributed by atoms with van der Waals surface area (Å²) < 4.78 is 6.89. The van der Waals surface area contributed by atoms with Crippen molar-refractivity contribution in [3.8, 4) is 11.5 Å². The molecule has 5 aliphatic rings. The Labute approximate surface area is 272 Å². The van der Waals surface area contributed by atoms with Crippen molar-refractivity contribution in [1.29, 1.82) is 0 Å². The van der Waals surface area contributed by atoms with E-state index in [-0.39, 0.29) is 42.3 Å². The van der Waals surface area contributed by atoms with Crippen LogP contribution in [0.4, 0.5) is 5.69 Å². The summed E-state index contributed by atoms with van der Waals surface area (Å²) in [5.74, 6) is -4.28. The molecule has 42 heavy (non-hydrogen) atoms. The molecule has 4 amide bonds. The van der Waals surface area contributed by atoms with Crippen LogP contribution in [0.25, 0.3) is 0 Å². The van der Waals surface area contributed by atoms with Crippen LogP contribution in [0.2, 0.25) is 0 Å². The minimum absolute atomic E-state index is 0.0514. The Morgan fingerprint density at radius 2 is 1.76 bits per heavy atom. The van der Waals surface area contributed by atoms with Crippen LogP contribution in [0.3, 0.4) is 0 Å². The Hall–Kier alpha value is -2.41. The van der Waals surface area contributed by atoms with Gasteiger partial charge >= 0.3 is 0 Å². The number of phenols is 1. The first-order valence-corrected chi connectivity index (χ1v) is 16.3. The average molecular weight is 784 g/mol. The van der Waals surface area contributed by atoms with Crippen LogP contribution in [0.5, 0.6) is 11.5 Å². The zero-order valence-corrected chi connectivity index (χ0v) is 27.0. The quantitative estimate of drug-likeness (QED) is 0.150. The van der Waals surface area contributed by atoms with Crippen LogP contribution in [-0.4, -0.2) is 48.8 Å². The number of amides is 4. The third-order valence-corrected chi connectivity index (χ3v) is 11.9. The summed E-state index contributed by atoms with van der Waals surface area (Å²) in [5.41, 5.74) is 2.35. The standard InChI is InChI=1S/C30H22BrCl2IN2O6/c31-13-35-27(40)29(32)11-21-19(6-7-20-23(21)26(39)36(25(20)38)17-3-1-16(34)2-4-17)24(30(29,33)28(35)41)15-9-14-10-18(37)5-8-22(14)42-12-15/h1-6,8,10,12,20-21,23-24,37H,7,9,11,13H2. The van der Waals surface area contributed by atoms with Gasteiger partial charge in [0, 0.05) is 21.5 Å². The number of fused-ring (bicyclic) bond motifs is 5. The van der Waals surface area contributed by atoms with Gasteiger partial charge in [0.25, 0.3) is 11.8 Å². The number of carbonyl (C=O) groups is 4. The van der Waals surface area contributed by atoms with Crippen LogP contribution in [-0.2, 0) is 25.6 Å². The molecule has 1 N–H and O–H groups in total. The van der Waals surface area contributed by atoms with Gasteiger partial charge in [-0.15, -0.1) is 23.2 Å². The topological polar surface area (TPSA) is 104 Å². The second-order valence-corrected chi connectivity index (χ2v) is 14.2. The molecule has 2 aromatic carbocycles. The highest BCUT2D eigenvalue weighted by atomic mass is 127. The number of anilines is 1. The van der Waals surface area contributed by atoms with E-state index in [4.69, 9.17) is 27.9 Å². The molecule has 0 aromatic heterocycles. The summed E-state index contributed by atoms with van der Waals surface area (Å²) in [6.45, 7) is 0. The number of ether oxygens (including phenoxy) is 1. The fourth-order valence-electron chi connectivity index (χ4n) is 7.41. The maximum Gasteiger partial charge on any atom is 0.254 e. The van der Waals surface area contributed by atoms with Gasteiger partial charge in [-0.25, -0.2) is 0 Å². The molecule has 0 spiro atoms. The monoisotopic (exact) mass is 782 g/mol. The van der Waals surface area contributed by atoms with E-state index in [2.05, 4.69) is 38.5 Å². The SMILES string of the molecule is O=C1C2CC=C3C(CC4(Cl)C(=O)N(CBr)C(=O)C4(Cl)C3C3=COc4ccc(O)cc4C3)C2C(=O)N1c1ccc(I)cc1. The highest BCUT2D eigenvalue weighted by Gasteiger charge is 2.76. The van der Waals surface area contributed by atoms with Gasteiger partial charge in [0.15, 0.2) is 9.75 Å². The number of benzene rings is 2. The number of rotatable bonds is 3. The summed E-state index contributed by atoms with van der Waals surface area (Å²) in [7, 11) is 0. The number of hydrogen-bond donors (Lipinski definition) is 1. The number of aromatic hydroxyl groups is 1. The lowest BCUT2D eigenvalue weighted by atomic mass is 9.56. The van der Waals surface area contributed by atoms with Gasteiger partial charge in [0.05, 0.1) is 29.2 Å². The van der Waals surface area contributed by atoms with E-state index in [0.29, 0.717) is 28.1 Å². The number of nitrogens with zero attached hydrogens (tertiary/aromatic N) is 2. The lowest BCUT2D eigenvalue weighted by molar-refractivity contribution is -0.138. The molecule has 0 radical (unpaired) electrons. The van der Waals surface area contributed by atoms with Gasteiger partial charge in [0.1, 0.15) is 11.5 Å². The second-order valence-electron chi connectivity index (χ2n) is 11.3. The van der Waals surface area contributed by atoms with Crippen molar-refractivity contribution in [2.24, 2.45) is 23.7 Å². The molecular formula is C30H22BrCl2IN2O6. The number of carbonyl (C=O) groups excluding carboxylic acids is 4. The molecule has 8 nitrogen and oxygen atoms in total. The third kappa shape index (κ3) is 3.70. The maximum absolute atomic E-state index is 14.1. The number of hydrogen-bond acceptors (Lipinski definition) is 6. The van der Waals surface area contributed by atoms with E-state index in [1.54, 1.807) is 24.3 Å². The Morgan fingerprint density at radius 1 is 1.02 bits per heavy atom. The third-order valence-electron chi connectivity index (χ3n) is 9.25. The molecule has 3 fully saturated rings. The van der Waals surface area contributed by atoms with Gasteiger partial charge in [-0.05, 0) is 89.4 Å². The number of imide groups is 2. The molecule has 2 aliphatic carbocycles. The van der Waals surface area contributed by atoms with E-state index < -0.39 is 45.2 Å². The summed E-state index contributed by atoms with van der Waals surface area (Å²) in [5, 5.41) is 10.1. The second kappa shape index (κ2) is 9.80. The smallest absolute Gasteiger partial charge is 0.254 e. The number of halogens is 4. The molecule has 2 saturated heterocycles. The van der Waals surface area contributed by atoms with E-state index in [0.717, 1.165) is 8.47 Å². The molecule has 7 rings (SSSR count). The molecule has 6 unspecified atom stereocenters. The average Bonchev–Trinajstić information content (AvgIpc) is 3.30. The summed E-state index contributed by atoms with van der Waals surface area (Å²) in [6.07, 6.45) is 3.88. The van der Waals surface area contributed by atoms with Crippen LogP contribution in [0.15, 0.2) is 65.9 Å². The van der Waals surface area contributed by atoms with Crippen LogP contribution >= 0.6 is 61.7 Å². The Kier molecular flexibility index (Phi) is 6.62. The van der Waals surface area contributed by atoms with Crippen LogP contribution in [0, 0.1) is 27.2 Å². The summed E-state index contributed by atoms with van der Waals surface area (Å²) >= 11 is 20.0. The predicted octanol–water partition coefficient (Wildman–Crippen LogP) is 5.26. The normalized spacial score (nSPS) is 33.4. The molecule has 1 saturated carbocycles. The van der Waals surface area contributed by atoms with Crippen LogP contribution in [0.1, 0.15) is 18.4 Å². The molecular weight excluding hydrogens is 762 g/mol. The highest BCUT2D eigenvalue weighted by Crippen LogP contribution is 2.64. The van der Waals surface area contributed by atoms with Gasteiger partial charge in [-0.1, -0.05) is 27.6 Å². The molecule has 2 aromatic rings. The number of allylic oxidation sites excluding steroid dienone is 3. The minimum atomic E-state index is -1.90. The van der Waals surface area contributed by atoms with Gasteiger partial charge in [-0.3, -0.25) is 29.0 Å². The van der Waals surface area contributed by atoms with Crippen molar-refractivity contribution in [1.82, 2.24) is 4.90 Å². The highest BCUT2D eigenvalue weighted by molar-refractivity contribution is 14.1. The first-order chi connectivity index (χ1) is 20.0. The Morgan fingerprint density at radius 3 is 2.48 bits per heavy atom. The minimum Gasteiger partial charge on any atom is -0.508 e. The lowest BCUT2D eigenvalue weighted by Crippen LogP contribution is -2.61. The van der Waals surface area contributed by atoms with E-state index in [9.17, 15) is 24.3 Å². The predicted molar refractivity (Wildman–Crippen MR) is 166 cm³/mol. The van der Waals surface area contributed by atoms with E-state index in [1.807, 2.05) is 18.2 Å². The molecule has 0 bridgehead atoms. The summed E-state index contributed by atoms with van der Waals surface area (Å²) in [4.78, 5) is 53.9. The first-order valence-electron chi connectivity index (χ1n) is 13.3. The molecule has 3 aliphatic heterocycles. The van der Waals surface area contributed by atoms with Crippen molar-refractivity contribution in [2.75, 3.05) is 10.4 Å². The van der Waals surface area contributed by atoms with Crippen molar-refractivity contribution in [3.63, 3.8) is 0 Å². The van der Waals surface area contributed by atoms with Gasteiger partial charge < -0.3 is 9.84 Å². The van der Waals surface area contributed by atoms with Gasteiger partial charge in [-0.2, -0.15) is 0 Å². The zero-order valence-electron chi connectivity index (χ0n) is 21.7. The number of alkyl halides is 3. The zero-order chi connectivity index (χ0) is 29.7. The molecule has 3 heterocycles. The number of likely N-dealkylation sites (tertiary alicyclic amines) is 1. The van der Waals surface area contributed by atoms with Crippen LogP contribution < -0.4 is 9.64 Å². The van der Waals surface area contributed by atoms with Crippen molar-refractivity contribution in [3.05, 3.63) is 75.1 Å². The fraction of sp³-hybridized carbons (Fsp3) is 0.333. The van der Waals surface area contributed by atoms with Gasteiger partial charge in [0.2, 0.25) is 11.8 Å². The maximum atomic E-state index is 14.1.